The number of benzene rings is 3. The number of sulfonamides is 1. The molecule has 0 heterocycles. The minimum Gasteiger partial charge on any atom is -0.497 e. The predicted octanol–water partition coefficient (Wildman–Crippen LogP) is 4.08. The fourth-order valence-corrected chi connectivity index (χ4v) is 6.20. The van der Waals surface area contributed by atoms with Gasteiger partial charge in [0, 0.05) is 19.7 Å². The highest BCUT2D eigenvalue weighted by Gasteiger charge is 2.34. The van der Waals surface area contributed by atoms with Gasteiger partial charge in [-0.05, 0) is 73.4 Å². The Balaban J connectivity index is 2.14. The summed E-state index contributed by atoms with van der Waals surface area (Å²) in [6.07, 6.45) is 0.321. The van der Waals surface area contributed by atoms with Crippen molar-refractivity contribution in [1.82, 2.24) is 10.2 Å². The molecule has 0 spiro atoms. The van der Waals surface area contributed by atoms with Crippen LogP contribution in [-0.4, -0.2) is 66.1 Å². The number of hydrogen-bond donors (Lipinski definition) is 1. The van der Waals surface area contributed by atoms with E-state index in [2.05, 4.69) is 5.32 Å². The van der Waals surface area contributed by atoms with Gasteiger partial charge in [-0.1, -0.05) is 25.1 Å². The third-order valence-corrected chi connectivity index (χ3v) is 8.61. The second-order valence-corrected chi connectivity index (χ2v) is 11.6. The van der Waals surface area contributed by atoms with Crippen molar-refractivity contribution >= 4 is 27.5 Å². The normalized spacial score (nSPS) is 11.8. The number of carbonyl (C=O) groups is 2. The highest BCUT2D eigenvalue weighted by Crippen LogP contribution is 2.33. The zero-order valence-corrected chi connectivity index (χ0v) is 25.9. The van der Waals surface area contributed by atoms with Gasteiger partial charge >= 0.3 is 0 Å². The molecule has 0 aliphatic heterocycles. The number of nitrogens with zero attached hydrogens (tertiary/aromatic N) is 2. The SMILES string of the molecule is CC[C@@H](C(=O)NC)N(Cc1cccc(OC)c1)C(=O)CN(c1cc(C)cc(C)c1)S(=O)(=O)c1ccc(OC)c(OC)c1. The molecule has 42 heavy (non-hydrogen) atoms. The molecule has 0 aliphatic carbocycles. The number of ether oxygens (including phenoxy) is 3. The highest BCUT2D eigenvalue weighted by molar-refractivity contribution is 7.92. The third-order valence-electron chi connectivity index (χ3n) is 6.84. The maximum absolute atomic E-state index is 14.2. The Bertz CT molecular complexity index is 1500. The molecule has 3 aromatic rings. The molecule has 11 heteroatoms. The lowest BCUT2D eigenvalue weighted by molar-refractivity contribution is -0.140. The maximum Gasteiger partial charge on any atom is 0.264 e. The molecule has 3 aromatic carbocycles. The van der Waals surface area contributed by atoms with Crippen LogP contribution in [0.2, 0.25) is 0 Å². The number of aryl methyl sites for hydroxylation is 2. The van der Waals surface area contributed by atoms with Crippen LogP contribution in [0.5, 0.6) is 17.2 Å². The number of methoxy groups -OCH3 is 3. The van der Waals surface area contributed by atoms with Crippen molar-refractivity contribution in [2.24, 2.45) is 0 Å². The van der Waals surface area contributed by atoms with Gasteiger partial charge in [0.15, 0.2) is 11.5 Å². The molecule has 0 saturated heterocycles. The number of amides is 2. The highest BCUT2D eigenvalue weighted by atomic mass is 32.2. The summed E-state index contributed by atoms with van der Waals surface area (Å²) >= 11 is 0. The molecule has 0 saturated carbocycles. The monoisotopic (exact) mass is 597 g/mol. The predicted molar refractivity (Wildman–Crippen MR) is 162 cm³/mol. The zero-order chi connectivity index (χ0) is 31.0. The number of hydrogen-bond acceptors (Lipinski definition) is 7. The average Bonchev–Trinajstić information content (AvgIpc) is 2.98. The average molecular weight is 598 g/mol. The molecule has 0 aliphatic rings. The van der Waals surface area contributed by atoms with Crippen LogP contribution in [0.4, 0.5) is 5.69 Å². The lowest BCUT2D eigenvalue weighted by Gasteiger charge is -2.33. The smallest absolute Gasteiger partial charge is 0.264 e. The van der Waals surface area contributed by atoms with Crippen molar-refractivity contribution in [2.75, 3.05) is 39.2 Å². The van der Waals surface area contributed by atoms with Gasteiger partial charge in [-0.3, -0.25) is 13.9 Å². The molecule has 2 amide bonds. The number of anilines is 1. The van der Waals surface area contributed by atoms with Crippen LogP contribution in [0.15, 0.2) is 65.6 Å². The zero-order valence-electron chi connectivity index (χ0n) is 25.1. The van der Waals surface area contributed by atoms with Gasteiger partial charge in [0.1, 0.15) is 18.3 Å². The molecule has 1 N–H and O–H groups in total. The first-order valence-corrected chi connectivity index (χ1v) is 14.9. The van der Waals surface area contributed by atoms with Crippen LogP contribution in [-0.2, 0) is 26.2 Å². The van der Waals surface area contributed by atoms with Crippen LogP contribution in [0.1, 0.15) is 30.0 Å². The first kappa shape index (κ1) is 32.3. The van der Waals surface area contributed by atoms with Gasteiger partial charge in [-0.2, -0.15) is 0 Å². The summed E-state index contributed by atoms with van der Waals surface area (Å²) in [5.41, 5.74) is 2.71. The van der Waals surface area contributed by atoms with E-state index in [-0.39, 0.29) is 23.1 Å². The Hall–Kier alpha value is -4.25. The minimum atomic E-state index is -4.29. The summed E-state index contributed by atoms with van der Waals surface area (Å²) in [4.78, 5) is 28.4. The molecule has 0 fully saturated rings. The van der Waals surface area contributed by atoms with Crippen molar-refractivity contribution in [3.05, 3.63) is 77.4 Å². The molecule has 0 aromatic heterocycles. The summed E-state index contributed by atoms with van der Waals surface area (Å²) in [6.45, 7) is 5.03. The fraction of sp³-hybridized carbons (Fsp3) is 0.355. The largest absolute Gasteiger partial charge is 0.497 e. The summed E-state index contributed by atoms with van der Waals surface area (Å²) in [5.74, 6) is 0.300. The Morgan fingerprint density at radius 2 is 1.55 bits per heavy atom. The third kappa shape index (κ3) is 7.33. The molecule has 10 nitrogen and oxygen atoms in total. The number of rotatable bonds is 13. The molecule has 0 bridgehead atoms. The molecular weight excluding hydrogens is 558 g/mol. The van der Waals surface area contributed by atoms with E-state index in [0.29, 0.717) is 23.6 Å². The quantitative estimate of drug-likeness (QED) is 0.316. The van der Waals surface area contributed by atoms with E-state index in [0.717, 1.165) is 21.0 Å². The lowest BCUT2D eigenvalue weighted by Crippen LogP contribution is -2.51. The maximum atomic E-state index is 14.2. The van der Waals surface area contributed by atoms with Crippen molar-refractivity contribution in [2.45, 2.75) is 44.7 Å². The van der Waals surface area contributed by atoms with E-state index >= 15 is 0 Å². The summed E-state index contributed by atoms with van der Waals surface area (Å²) < 4.78 is 45.5. The summed E-state index contributed by atoms with van der Waals surface area (Å²) in [5, 5.41) is 2.62. The van der Waals surface area contributed by atoms with Crippen LogP contribution in [0, 0.1) is 13.8 Å². The van der Waals surface area contributed by atoms with Gasteiger partial charge in [0.25, 0.3) is 10.0 Å². The van der Waals surface area contributed by atoms with Crippen molar-refractivity contribution < 1.29 is 32.2 Å². The van der Waals surface area contributed by atoms with Crippen LogP contribution in [0.25, 0.3) is 0 Å². The van der Waals surface area contributed by atoms with E-state index < -0.39 is 28.5 Å². The summed E-state index contributed by atoms with van der Waals surface area (Å²) in [7, 11) is 1.64. The van der Waals surface area contributed by atoms with E-state index in [1.165, 1.54) is 44.4 Å². The number of nitrogens with one attached hydrogen (secondary N) is 1. The van der Waals surface area contributed by atoms with Crippen LogP contribution in [0.3, 0.4) is 0 Å². The van der Waals surface area contributed by atoms with Crippen LogP contribution < -0.4 is 23.8 Å². The van der Waals surface area contributed by atoms with Gasteiger partial charge in [0.2, 0.25) is 11.8 Å². The number of likely N-dealkylation sites (N-methyl/N-ethyl adjacent to an activating group) is 1. The van der Waals surface area contributed by atoms with Crippen molar-refractivity contribution in [3.63, 3.8) is 0 Å². The molecule has 0 unspecified atom stereocenters. The van der Waals surface area contributed by atoms with Crippen molar-refractivity contribution in [1.29, 1.82) is 0 Å². The Kier molecular flexibility index (Phi) is 10.8. The van der Waals surface area contributed by atoms with E-state index in [1.54, 1.807) is 44.4 Å². The minimum absolute atomic E-state index is 0.0685. The van der Waals surface area contributed by atoms with Gasteiger partial charge in [0.05, 0.1) is 31.9 Å². The van der Waals surface area contributed by atoms with Gasteiger partial charge in [-0.25, -0.2) is 8.42 Å². The molecular formula is C31H39N3O7S. The van der Waals surface area contributed by atoms with Crippen molar-refractivity contribution in [3.8, 4) is 17.2 Å². The molecule has 3 rings (SSSR count). The Labute approximate surface area is 248 Å². The Morgan fingerprint density at radius 3 is 2.12 bits per heavy atom. The van der Waals surface area contributed by atoms with E-state index in [1.807, 2.05) is 26.0 Å². The van der Waals surface area contributed by atoms with Crippen LogP contribution >= 0.6 is 0 Å². The van der Waals surface area contributed by atoms with E-state index in [4.69, 9.17) is 14.2 Å². The Morgan fingerprint density at radius 1 is 0.881 bits per heavy atom. The topological polar surface area (TPSA) is 114 Å². The number of carbonyl (C=O) groups excluding carboxylic acids is 2. The summed E-state index contributed by atoms with van der Waals surface area (Å²) in [6, 6.07) is 15.9. The molecule has 0 radical (unpaired) electrons. The van der Waals surface area contributed by atoms with Gasteiger partial charge < -0.3 is 24.4 Å². The second-order valence-electron chi connectivity index (χ2n) is 9.79. The second kappa shape index (κ2) is 14.1. The lowest BCUT2D eigenvalue weighted by atomic mass is 10.1. The van der Waals surface area contributed by atoms with E-state index in [9.17, 15) is 18.0 Å². The standard InChI is InChI=1S/C31H39N3O7S/c1-8-27(31(36)32-4)33(19-23-10-9-11-25(17-23)39-5)30(35)20-34(24-15-21(2)14-22(3)16-24)42(37,38)26-12-13-28(40-6)29(18-26)41-7/h9-18,27H,8,19-20H2,1-7H3,(H,32,36)/t27-/m0/s1. The molecule has 1 atom stereocenters. The first-order chi connectivity index (χ1) is 20.0. The van der Waals surface area contributed by atoms with Gasteiger partial charge in [-0.15, -0.1) is 0 Å². The first-order valence-electron chi connectivity index (χ1n) is 13.5. The fourth-order valence-electron chi connectivity index (χ4n) is 4.78. The molecule has 226 valence electrons.